The summed E-state index contributed by atoms with van der Waals surface area (Å²) in [7, 11) is 0. The minimum absolute atomic E-state index is 0.235. The maximum Gasteiger partial charge on any atom is 0.250 e. The van der Waals surface area contributed by atoms with E-state index in [2.05, 4.69) is 5.32 Å². The van der Waals surface area contributed by atoms with E-state index in [1.165, 1.54) is 19.3 Å². The van der Waals surface area contributed by atoms with Crippen LogP contribution >= 0.6 is 11.8 Å². The summed E-state index contributed by atoms with van der Waals surface area (Å²) >= 11 is 1.67. The van der Waals surface area contributed by atoms with E-state index in [1.807, 2.05) is 6.26 Å². The van der Waals surface area contributed by atoms with Crippen LogP contribution in [0.2, 0.25) is 0 Å². The first-order chi connectivity index (χ1) is 8.15. The molecule has 1 aliphatic carbocycles. The van der Waals surface area contributed by atoms with Gasteiger partial charge in [0, 0.05) is 12.1 Å². The molecule has 1 amide bonds. The standard InChI is InChI=1S/C12H24N2O2S/c1-17-8-7-10(13)11(15)12(16)14-9-5-3-2-4-6-9/h9-11,15H,2-8,13H2,1H3,(H,14,16). The number of nitrogens with two attached hydrogens (primary N) is 1. The van der Waals surface area contributed by atoms with Gasteiger partial charge >= 0.3 is 0 Å². The van der Waals surface area contributed by atoms with E-state index in [-0.39, 0.29) is 11.9 Å². The van der Waals surface area contributed by atoms with Crippen molar-refractivity contribution in [1.29, 1.82) is 0 Å². The van der Waals surface area contributed by atoms with Crippen molar-refractivity contribution in [2.24, 2.45) is 5.73 Å². The van der Waals surface area contributed by atoms with Gasteiger partial charge in [-0.1, -0.05) is 19.3 Å². The molecule has 0 spiro atoms. The maximum atomic E-state index is 11.8. The quantitative estimate of drug-likeness (QED) is 0.662. The van der Waals surface area contributed by atoms with Gasteiger partial charge in [-0.25, -0.2) is 0 Å². The third kappa shape index (κ3) is 5.27. The number of aliphatic hydroxyl groups excluding tert-OH is 1. The van der Waals surface area contributed by atoms with Crippen LogP contribution < -0.4 is 11.1 Å². The van der Waals surface area contributed by atoms with E-state index >= 15 is 0 Å². The summed E-state index contributed by atoms with van der Waals surface area (Å²) in [6.07, 6.45) is 7.23. The highest BCUT2D eigenvalue weighted by atomic mass is 32.2. The number of amides is 1. The molecule has 100 valence electrons. The lowest BCUT2D eigenvalue weighted by Gasteiger charge is -2.25. The van der Waals surface area contributed by atoms with Crippen LogP contribution in [0.1, 0.15) is 38.5 Å². The van der Waals surface area contributed by atoms with Crippen molar-refractivity contribution in [2.75, 3.05) is 12.0 Å². The summed E-state index contributed by atoms with van der Waals surface area (Å²) < 4.78 is 0. The molecule has 0 aromatic carbocycles. The Morgan fingerprint density at radius 2 is 2.12 bits per heavy atom. The predicted molar refractivity (Wildman–Crippen MR) is 72.0 cm³/mol. The van der Waals surface area contributed by atoms with Gasteiger partial charge in [0.25, 0.3) is 5.91 Å². The predicted octanol–water partition coefficient (Wildman–Crippen LogP) is 0.877. The summed E-state index contributed by atoms with van der Waals surface area (Å²) in [6, 6.07) is -0.218. The molecule has 0 aromatic rings. The number of carbonyl (C=O) groups excluding carboxylic acids is 1. The van der Waals surface area contributed by atoms with Gasteiger partial charge in [-0.15, -0.1) is 0 Å². The van der Waals surface area contributed by atoms with E-state index in [4.69, 9.17) is 5.73 Å². The van der Waals surface area contributed by atoms with Crippen LogP contribution in [-0.4, -0.2) is 41.2 Å². The second-order valence-corrected chi connectivity index (χ2v) is 5.72. The van der Waals surface area contributed by atoms with Crippen molar-refractivity contribution in [3.8, 4) is 0 Å². The van der Waals surface area contributed by atoms with Crippen molar-refractivity contribution in [3.63, 3.8) is 0 Å². The monoisotopic (exact) mass is 260 g/mol. The van der Waals surface area contributed by atoms with Crippen LogP contribution in [0, 0.1) is 0 Å². The Hall–Kier alpha value is -0.260. The molecule has 2 unspecified atom stereocenters. The molecule has 0 saturated heterocycles. The number of nitrogens with one attached hydrogen (secondary N) is 1. The smallest absolute Gasteiger partial charge is 0.250 e. The second kappa shape index (κ2) is 7.95. The Morgan fingerprint density at radius 1 is 1.47 bits per heavy atom. The Labute approximate surface area is 108 Å². The zero-order valence-corrected chi connectivity index (χ0v) is 11.3. The number of thioether (sulfide) groups is 1. The van der Waals surface area contributed by atoms with Gasteiger partial charge in [-0.05, 0) is 31.3 Å². The average Bonchev–Trinajstić information content (AvgIpc) is 2.36. The van der Waals surface area contributed by atoms with E-state index in [0.717, 1.165) is 18.6 Å². The molecule has 1 saturated carbocycles. The first kappa shape index (κ1) is 14.8. The molecule has 5 heteroatoms. The lowest BCUT2D eigenvalue weighted by molar-refractivity contribution is -0.131. The number of carbonyl (C=O) groups is 1. The zero-order valence-electron chi connectivity index (χ0n) is 10.5. The van der Waals surface area contributed by atoms with Gasteiger partial charge in [-0.2, -0.15) is 11.8 Å². The highest BCUT2D eigenvalue weighted by Crippen LogP contribution is 2.17. The fourth-order valence-electron chi connectivity index (χ4n) is 2.14. The van der Waals surface area contributed by atoms with Crippen LogP contribution in [0.15, 0.2) is 0 Å². The number of aliphatic hydroxyl groups is 1. The van der Waals surface area contributed by atoms with Gasteiger partial charge < -0.3 is 16.2 Å². The molecule has 4 N–H and O–H groups in total. The van der Waals surface area contributed by atoms with Crippen LogP contribution in [-0.2, 0) is 4.79 Å². The Bertz CT molecular complexity index is 233. The fourth-order valence-corrected chi connectivity index (χ4v) is 2.65. The molecule has 0 aliphatic heterocycles. The van der Waals surface area contributed by atoms with Gasteiger partial charge in [0.05, 0.1) is 0 Å². The van der Waals surface area contributed by atoms with Crippen molar-refractivity contribution in [3.05, 3.63) is 0 Å². The maximum absolute atomic E-state index is 11.8. The fraction of sp³-hybridized carbons (Fsp3) is 0.917. The lowest BCUT2D eigenvalue weighted by Crippen LogP contribution is -2.49. The highest BCUT2D eigenvalue weighted by Gasteiger charge is 2.25. The first-order valence-corrected chi connectivity index (χ1v) is 7.77. The van der Waals surface area contributed by atoms with Gasteiger partial charge in [0.1, 0.15) is 6.10 Å². The summed E-state index contributed by atoms with van der Waals surface area (Å²) in [5.41, 5.74) is 5.79. The highest BCUT2D eigenvalue weighted by molar-refractivity contribution is 7.98. The molecule has 1 aliphatic rings. The van der Waals surface area contributed by atoms with E-state index in [0.29, 0.717) is 6.42 Å². The lowest BCUT2D eigenvalue weighted by atomic mass is 9.95. The molecule has 17 heavy (non-hydrogen) atoms. The number of hydrogen-bond donors (Lipinski definition) is 3. The first-order valence-electron chi connectivity index (χ1n) is 6.38. The van der Waals surface area contributed by atoms with Crippen LogP contribution in [0.4, 0.5) is 0 Å². The van der Waals surface area contributed by atoms with Gasteiger partial charge in [0.2, 0.25) is 0 Å². The molecule has 0 radical (unpaired) electrons. The summed E-state index contributed by atoms with van der Waals surface area (Å²) in [5, 5.41) is 12.7. The van der Waals surface area contributed by atoms with E-state index < -0.39 is 12.1 Å². The molecule has 0 heterocycles. The van der Waals surface area contributed by atoms with E-state index in [1.54, 1.807) is 11.8 Å². The third-order valence-electron chi connectivity index (χ3n) is 3.28. The molecule has 0 aromatic heterocycles. The summed E-state index contributed by atoms with van der Waals surface area (Å²) in [6.45, 7) is 0. The summed E-state index contributed by atoms with van der Waals surface area (Å²) in [4.78, 5) is 11.8. The molecular weight excluding hydrogens is 236 g/mol. The van der Waals surface area contributed by atoms with Gasteiger partial charge in [-0.3, -0.25) is 4.79 Å². The minimum Gasteiger partial charge on any atom is -0.382 e. The molecule has 0 bridgehead atoms. The minimum atomic E-state index is -1.07. The van der Waals surface area contributed by atoms with E-state index in [9.17, 15) is 9.90 Å². The normalized spacial score (nSPS) is 20.9. The Morgan fingerprint density at radius 3 is 2.71 bits per heavy atom. The van der Waals surface area contributed by atoms with Gasteiger partial charge in [0.15, 0.2) is 0 Å². The number of hydrogen-bond acceptors (Lipinski definition) is 4. The average molecular weight is 260 g/mol. The largest absolute Gasteiger partial charge is 0.382 e. The topological polar surface area (TPSA) is 75.3 Å². The van der Waals surface area contributed by atoms with Crippen LogP contribution in [0.3, 0.4) is 0 Å². The molecule has 4 nitrogen and oxygen atoms in total. The molecular formula is C12H24N2O2S. The van der Waals surface area contributed by atoms with Crippen molar-refractivity contribution in [1.82, 2.24) is 5.32 Å². The molecule has 1 rings (SSSR count). The summed E-state index contributed by atoms with van der Waals surface area (Å²) in [5.74, 6) is 0.570. The Kier molecular flexibility index (Phi) is 6.92. The molecule has 2 atom stereocenters. The number of rotatable bonds is 6. The van der Waals surface area contributed by atoms with Crippen molar-refractivity contribution >= 4 is 17.7 Å². The van der Waals surface area contributed by atoms with Crippen molar-refractivity contribution < 1.29 is 9.90 Å². The molecule has 1 fully saturated rings. The van der Waals surface area contributed by atoms with Crippen molar-refractivity contribution in [2.45, 2.75) is 56.7 Å². The Balaban J connectivity index is 2.29. The van der Waals surface area contributed by atoms with Crippen LogP contribution in [0.25, 0.3) is 0 Å². The SMILES string of the molecule is CSCCC(N)C(O)C(=O)NC1CCCCC1. The zero-order chi connectivity index (χ0) is 12.7. The second-order valence-electron chi connectivity index (χ2n) is 4.73. The van der Waals surface area contributed by atoms with Crippen LogP contribution in [0.5, 0.6) is 0 Å². The third-order valence-corrected chi connectivity index (χ3v) is 3.92.